The monoisotopic (exact) mass is 484 g/mol. The minimum absolute atomic E-state index is 0.133. The van der Waals surface area contributed by atoms with Gasteiger partial charge in [0.1, 0.15) is 0 Å². The lowest BCUT2D eigenvalue weighted by Gasteiger charge is -2.41. The topological polar surface area (TPSA) is 77.8 Å². The molecule has 4 unspecified atom stereocenters. The number of hydrogen-bond donors (Lipinski definition) is 3. The number of carbonyl (C=O) groups is 1. The van der Waals surface area contributed by atoms with Crippen LogP contribution < -0.4 is 0 Å². The first-order valence-electron chi connectivity index (χ1n) is 12.1. The summed E-state index contributed by atoms with van der Waals surface area (Å²) in [5, 5.41) is 30.5. The van der Waals surface area contributed by atoms with Crippen LogP contribution in [0.25, 0.3) is 0 Å². The van der Waals surface area contributed by atoms with Crippen LogP contribution in [-0.4, -0.2) is 50.2 Å². The third-order valence-corrected chi connectivity index (χ3v) is 8.94. The van der Waals surface area contributed by atoms with Gasteiger partial charge < -0.3 is 15.3 Å². The lowest BCUT2D eigenvalue weighted by molar-refractivity contribution is -0.137. The maximum Gasteiger partial charge on any atom is 0.389 e. The van der Waals surface area contributed by atoms with E-state index in [0.717, 1.165) is 38.5 Å². The Morgan fingerprint density at radius 3 is 2.16 bits per heavy atom. The fourth-order valence-electron chi connectivity index (χ4n) is 4.41. The molecule has 0 aromatic rings. The summed E-state index contributed by atoms with van der Waals surface area (Å²) in [7, 11) is 0. The Labute approximate surface area is 195 Å². The van der Waals surface area contributed by atoms with Gasteiger partial charge in [-0.1, -0.05) is 46.0 Å². The molecule has 1 rings (SSSR count). The first-order valence-corrected chi connectivity index (χ1v) is 13.1. The predicted molar refractivity (Wildman–Crippen MR) is 124 cm³/mol. The first-order chi connectivity index (χ1) is 14.8. The van der Waals surface area contributed by atoms with Gasteiger partial charge in [-0.15, -0.1) is 0 Å². The molecule has 0 amide bonds. The molecule has 0 aromatic heterocycles. The molecule has 0 spiro atoms. The zero-order chi connectivity index (χ0) is 24.4. The van der Waals surface area contributed by atoms with Gasteiger partial charge in [0.25, 0.3) is 0 Å². The lowest BCUT2D eigenvalue weighted by Crippen LogP contribution is -2.44. The van der Waals surface area contributed by atoms with E-state index >= 15 is 0 Å². The molecule has 1 aliphatic carbocycles. The number of unbranched alkanes of at least 4 members (excludes halogenated alkanes) is 5. The summed E-state index contributed by atoms with van der Waals surface area (Å²) < 4.78 is 36.9. The van der Waals surface area contributed by atoms with Crippen LogP contribution in [0.2, 0.25) is 0 Å². The van der Waals surface area contributed by atoms with E-state index in [1.807, 2.05) is 20.8 Å². The van der Waals surface area contributed by atoms with Gasteiger partial charge in [-0.05, 0) is 56.8 Å². The van der Waals surface area contributed by atoms with E-state index in [1.54, 1.807) is 11.8 Å². The van der Waals surface area contributed by atoms with Crippen molar-refractivity contribution in [2.75, 3.05) is 5.75 Å². The van der Waals surface area contributed by atoms with Gasteiger partial charge in [0.15, 0.2) is 0 Å². The number of carboxylic acid groups (broad SMARTS) is 1. The molecule has 4 atom stereocenters. The van der Waals surface area contributed by atoms with Crippen LogP contribution in [0.5, 0.6) is 0 Å². The molecule has 0 saturated heterocycles. The minimum Gasteiger partial charge on any atom is -0.481 e. The Kier molecular flexibility index (Phi) is 12.4. The summed E-state index contributed by atoms with van der Waals surface area (Å²) in [6, 6.07) is 0. The normalized spacial score (nSPS) is 23.9. The number of hydrogen-bond acceptors (Lipinski definition) is 4. The fraction of sp³-hybridized carbons (Fsp3) is 0.958. The third kappa shape index (κ3) is 11.1. The average molecular weight is 485 g/mol. The maximum absolute atomic E-state index is 12.3. The van der Waals surface area contributed by atoms with Crippen LogP contribution in [-0.2, 0) is 4.79 Å². The number of halogens is 3. The van der Waals surface area contributed by atoms with Gasteiger partial charge in [0, 0.05) is 23.8 Å². The largest absolute Gasteiger partial charge is 0.481 e. The number of thioether (sulfide) groups is 1. The highest BCUT2D eigenvalue weighted by molar-refractivity contribution is 8.00. The highest BCUT2D eigenvalue weighted by atomic mass is 32.2. The van der Waals surface area contributed by atoms with Crippen LogP contribution in [0.4, 0.5) is 13.2 Å². The molecule has 1 fully saturated rings. The lowest BCUT2D eigenvalue weighted by atomic mass is 9.73. The van der Waals surface area contributed by atoms with Gasteiger partial charge >= 0.3 is 12.1 Å². The molecule has 32 heavy (non-hydrogen) atoms. The Balaban J connectivity index is 2.40. The molecular weight excluding hydrogens is 441 g/mol. The Morgan fingerprint density at radius 2 is 1.53 bits per heavy atom. The fourth-order valence-corrected chi connectivity index (χ4v) is 6.21. The SMILES string of the molecule is CC(C)(CCCCCC(F)(F)F)C(C)(O)CSC1CCC(O)C1CCCCCCC(=O)O. The van der Waals surface area contributed by atoms with Gasteiger partial charge in [0.05, 0.1) is 11.7 Å². The van der Waals surface area contributed by atoms with Crippen molar-refractivity contribution in [3.8, 4) is 0 Å². The van der Waals surface area contributed by atoms with E-state index in [0.29, 0.717) is 31.4 Å². The summed E-state index contributed by atoms with van der Waals surface area (Å²) in [6.45, 7) is 5.78. The van der Waals surface area contributed by atoms with Crippen molar-refractivity contribution in [3.63, 3.8) is 0 Å². The zero-order valence-corrected chi connectivity index (χ0v) is 20.7. The predicted octanol–water partition coefficient (Wildman–Crippen LogP) is 6.57. The number of aliphatic hydroxyl groups excluding tert-OH is 1. The minimum atomic E-state index is -4.10. The standard InChI is InChI=1S/C24H43F3O4S/c1-22(2,15-9-6-10-16-24(25,26)27)23(3,31)17-32-20-14-13-19(28)18(20)11-7-4-5-8-12-21(29)30/h18-20,28,31H,4-17H2,1-3H3,(H,29,30). The molecule has 3 N–H and O–H groups in total. The van der Waals surface area contributed by atoms with Gasteiger partial charge in [-0.2, -0.15) is 24.9 Å². The highest BCUT2D eigenvalue weighted by Gasteiger charge is 2.41. The van der Waals surface area contributed by atoms with Crippen LogP contribution in [0.3, 0.4) is 0 Å². The quantitative estimate of drug-likeness (QED) is 0.216. The van der Waals surface area contributed by atoms with E-state index in [4.69, 9.17) is 5.11 Å². The van der Waals surface area contributed by atoms with Gasteiger partial charge in [-0.3, -0.25) is 4.79 Å². The van der Waals surface area contributed by atoms with Gasteiger partial charge in [0.2, 0.25) is 0 Å². The second-order valence-corrected chi connectivity index (χ2v) is 11.6. The van der Waals surface area contributed by atoms with E-state index in [2.05, 4.69) is 0 Å². The van der Waals surface area contributed by atoms with Crippen molar-refractivity contribution in [3.05, 3.63) is 0 Å². The summed E-state index contributed by atoms with van der Waals surface area (Å²) in [6.07, 6.45) is 3.14. The molecule has 0 heterocycles. The van der Waals surface area contributed by atoms with Crippen LogP contribution in [0.1, 0.15) is 104 Å². The van der Waals surface area contributed by atoms with Crippen LogP contribution >= 0.6 is 11.8 Å². The number of aliphatic carboxylic acids is 1. The first kappa shape index (κ1) is 29.6. The molecule has 190 valence electrons. The molecule has 0 aromatic carbocycles. The molecule has 8 heteroatoms. The number of carboxylic acids is 1. The summed E-state index contributed by atoms with van der Waals surface area (Å²) in [4.78, 5) is 10.6. The van der Waals surface area contributed by atoms with E-state index in [9.17, 15) is 28.2 Å². The summed E-state index contributed by atoms with van der Waals surface area (Å²) >= 11 is 1.71. The van der Waals surface area contributed by atoms with E-state index < -0.39 is 29.6 Å². The van der Waals surface area contributed by atoms with Crippen molar-refractivity contribution < 1.29 is 33.3 Å². The molecule has 0 radical (unpaired) electrons. The van der Waals surface area contributed by atoms with Crippen molar-refractivity contribution in [1.82, 2.24) is 0 Å². The summed E-state index contributed by atoms with van der Waals surface area (Å²) in [5.74, 6) is -0.0283. The molecule has 1 aliphatic rings. The second-order valence-electron chi connectivity index (χ2n) is 10.3. The van der Waals surface area contributed by atoms with E-state index in [-0.39, 0.29) is 30.1 Å². The number of rotatable bonds is 16. The Hall–Kier alpha value is -0.470. The molecule has 0 aliphatic heterocycles. The van der Waals surface area contributed by atoms with E-state index in [1.165, 1.54) is 0 Å². The van der Waals surface area contributed by atoms with Crippen LogP contribution in [0, 0.1) is 11.3 Å². The van der Waals surface area contributed by atoms with Gasteiger partial charge in [-0.25, -0.2) is 0 Å². The summed E-state index contributed by atoms with van der Waals surface area (Å²) in [5.41, 5.74) is -1.36. The van der Waals surface area contributed by atoms with Crippen molar-refractivity contribution in [2.24, 2.45) is 11.3 Å². The second kappa shape index (κ2) is 13.4. The highest BCUT2D eigenvalue weighted by Crippen LogP contribution is 2.44. The van der Waals surface area contributed by atoms with Crippen molar-refractivity contribution >= 4 is 17.7 Å². The smallest absolute Gasteiger partial charge is 0.389 e. The number of aliphatic hydroxyl groups is 2. The Morgan fingerprint density at radius 1 is 0.938 bits per heavy atom. The molecule has 4 nitrogen and oxygen atoms in total. The van der Waals surface area contributed by atoms with Crippen LogP contribution in [0.15, 0.2) is 0 Å². The maximum atomic E-state index is 12.3. The average Bonchev–Trinajstić information content (AvgIpc) is 3.01. The van der Waals surface area contributed by atoms with Crippen molar-refractivity contribution in [1.29, 1.82) is 0 Å². The molecule has 1 saturated carbocycles. The third-order valence-electron chi connectivity index (χ3n) is 7.20. The number of alkyl halides is 3. The molecular formula is C24H43F3O4S. The van der Waals surface area contributed by atoms with Crippen molar-refractivity contribution in [2.45, 2.75) is 127 Å². The Bertz CT molecular complexity index is 552. The zero-order valence-electron chi connectivity index (χ0n) is 19.9. The molecule has 0 bridgehead atoms.